The summed E-state index contributed by atoms with van der Waals surface area (Å²) in [5.74, 6) is -0.130. The first-order valence-corrected chi connectivity index (χ1v) is 6.93. The quantitative estimate of drug-likeness (QED) is 0.880. The Balaban J connectivity index is 2.55. The van der Waals surface area contributed by atoms with Crippen LogP contribution in [-0.2, 0) is 4.79 Å². The summed E-state index contributed by atoms with van der Waals surface area (Å²) in [5, 5.41) is 3.73. The molecular formula is C14H20Cl2N2O. The highest BCUT2D eigenvalue weighted by atomic mass is 35.5. The van der Waals surface area contributed by atoms with E-state index in [1.54, 1.807) is 18.2 Å². The molecule has 106 valence electrons. The fourth-order valence-corrected chi connectivity index (χ4v) is 2.46. The molecule has 19 heavy (non-hydrogen) atoms. The fraction of sp³-hybridized carbons (Fsp3) is 0.500. The Morgan fingerprint density at radius 2 is 1.79 bits per heavy atom. The number of hydrogen-bond acceptors (Lipinski definition) is 2. The van der Waals surface area contributed by atoms with Gasteiger partial charge in [0.2, 0.25) is 5.91 Å². The number of carbonyl (C=O) groups excluding carboxylic acids is 1. The van der Waals surface area contributed by atoms with Gasteiger partial charge in [0.15, 0.2) is 0 Å². The lowest BCUT2D eigenvalue weighted by molar-refractivity contribution is -0.116. The summed E-state index contributed by atoms with van der Waals surface area (Å²) in [6.07, 6.45) is 1.07. The van der Waals surface area contributed by atoms with Crippen LogP contribution >= 0.6 is 23.2 Å². The Hall–Kier alpha value is -0.770. The summed E-state index contributed by atoms with van der Waals surface area (Å²) < 4.78 is 0. The van der Waals surface area contributed by atoms with Crippen LogP contribution in [0.5, 0.6) is 0 Å². The monoisotopic (exact) mass is 302 g/mol. The van der Waals surface area contributed by atoms with E-state index in [4.69, 9.17) is 28.9 Å². The van der Waals surface area contributed by atoms with Gasteiger partial charge in [-0.1, -0.05) is 44.0 Å². The lowest BCUT2D eigenvalue weighted by Gasteiger charge is -2.22. The summed E-state index contributed by atoms with van der Waals surface area (Å²) in [5.41, 5.74) is 6.66. The van der Waals surface area contributed by atoms with Crippen molar-refractivity contribution in [2.75, 3.05) is 5.32 Å². The number of anilines is 1. The molecule has 0 spiro atoms. The van der Waals surface area contributed by atoms with Gasteiger partial charge >= 0.3 is 0 Å². The number of hydrogen-bond donors (Lipinski definition) is 2. The second-order valence-corrected chi connectivity index (χ2v) is 6.81. The lowest BCUT2D eigenvalue weighted by Crippen LogP contribution is -2.31. The van der Waals surface area contributed by atoms with Crippen LogP contribution in [0.15, 0.2) is 18.2 Å². The van der Waals surface area contributed by atoms with E-state index >= 15 is 0 Å². The first-order chi connectivity index (χ1) is 8.65. The van der Waals surface area contributed by atoms with Crippen LogP contribution < -0.4 is 11.1 Å². The molecule has 1 unspecified atom stereocenters. The Bertz CT molecular complexity index is 435. The van der Waals surface area contributed by atoms with Gasteiger partial charge in [-0.25, -0.2) is 0 Å². The standard InChI is InChI=1S/C14H20Cl2N2O/c1-14(2,3)8-11(17)7-13(19)18-12-5-9(15)4-10(16)6-12/h4-6,11H,7-8,17H2,1-3H3,(H,18,19). The van der Waals surface area contributed by atoms with E-state index in [9.17, 15) is 4.79 Å². The molecular weight excluding hydrogens is 283 g/mol. The highest BCUT2D eigenvalue weighted by Gasteiger charge is 2.18. The fourth-order valence-electron chi connectivity index (χ4n) is 1.93. The van der Waals surface area contributed by atoms with E-state index < -0.39 is 0 Å². The minimum atomic E-state index is -0.158. The molecule has 3 nitrogen and oxygen atoms in total. The normalized spacial score (nSPS) is 13.2. The van der Waals surface area contributed by atoms with E-state index in [0.717, 1.165) is 6.42 Å². The Labute approximate surface area is 124 Å². The zero-order valence-electron chi connectivity index (χ0n) is 11.5. The van der Waals surface area contributed by atoms with Crippen LogP contribution in [0.2, 0.25) is 10.0 Å². The number of nitrogens with one attached hydrogen (secondary N) is 1. The number of halogens is 2. The van der Waals surface area contributed by atoms with Crippen LogP contribution in [0, 0.1) is 5.41 Å². The molecule has 1 aromatic carbocycles. The summed E-state index contributed by atoms with van der Waals surface area (Å²) in [6.45, 7) is 6.30. The van der Waals surface area contributed by atoms with Crippen molar-refractivity contribution in [3.63, 3.8) is 0 Å². The molecule has 3 N–H and O–H groups in total. The molecule has 1 rings (SSSR count). The molecule has 1 amide bonds. The van der Waals surface area contributed by atoms with Crippen LogP contribution in [0.1, 0.15) is 33.6 Å². The highest BCUT2D eigenvalue weighted by molar-refractivity contribution is 6.35. The number of rotatable bonds is 4. The number of carbonyl (C=O) groups is 1. The third kappa shape index (κ3) is 6.81. The van der Waals surface area contributed by atoms with Crippen LogP contribution in [0.3, 0.4) is 0 Å². The van der Waals surface area contributed by atoms with E-state index in [-0.39, 0.29) is 23.8 Å². The smallest absolute Gasteiger partial charge is 0.225 e. The first-order valence-electron chi connectivity index (χ1n) is 6.17. The van der Waals surface area contributed by atoms with Crippen molar-refractivity contribution < 1.29 is 4.79 Å². The Morgan fingerprint density at radius 3 is 2.26 bits per heavy atom. The number of benzene rings is 1. The molecule has 1 atom stereocenters. The molecule has 0 aromatic heterocycles. The highest BCUT2D eigenvalue weighted by Crippen LogP contribution is 2.24. The van der Waals surface area contributed by atoms with Gasteiger partial charge in [-0.05, 0) is 30.0 Å². The van der Waals surface area contributed by atoms with E-state index in [1.807, 2.05) is 0 Å². The lowest BCUT2D eigenvalue weighted by atomic mass is 9.87. The predicted molar refractivity (Wildman–Crippen MR) is 81.8 cm³/mol. The average molecular weight is 303 g/mol. The summed E-state index contributed by atoms with van der Waals surface area (Å²) in [4.78, 5) is 11.9. The third-order valence-electron chi connectivity index (χ3n) is 2.47. The van der Waals surface area contributed by atoms with Crippen molar-refractivity contribution in [1.82, 2.24) is 0 Å². The van der Waals surface area contributed by atoms with E-state index in [2.05, 4.69) is 26.1 Å². The maximum Gasteiger partial charge on any atom is 0.225 e. The second-order valence-electron chi connectivity index (χ2n) is 5.94. The van der Waals surface area contributed by atoms with Crippen molar-refractivity contribution in [3.8, 4) is 0 Å². The molecule has 0 radical (unpaired) electrons. The summed E-state index contributed by atoms with van der Waals surface area (Å²) in [7, 11) is 0. The van der Waals surface area contributed by atoms with Gasteiger partial charge in [0.25, 0.3) is 0 Å². The van der Waals surface area contributed by atoms with Crippen LogP contribution in [0.25, 0.3) is 0 Å². The summed E-state index contributed by atoms with van der Waals surface area (Å²) >= 11 is 11.7. The van der Waals surface area contributed by atoms with Crippen molar-refractivity contribution in [3.05, 3.63) is 28.2 Å². The van der Waals surface area contributed by atoms with Gasteiger partial charge in [-0.2, -0.15) is 0 Å². The van der Waals surface area contributed by atoms with Gasteiger partial charge in [-0.15, -0.1) is 0 Å². The maximum atomic E-state index is 11.9. The molecule has 0 aliphatic heterocycles. The van der Waals surface area contributed by atoms with Crippen molar-refractivity contribution in [2.24, 2.45) is 11.1 Å². The Kier molecular flexibility index (Phi) is 5.65. The predicted octanol–water partition coefficient (Wildman–Crippen LogP) is 4.09. The molecule has 5 heteroatoms. The van der Waals surface area contributed by atoms with Gasteiger partial charge in [-0.3, -0.25) is 4.79 Å². The zero-order valence-corrected chi connectivity index (χ0v) is 13.0. The first kappa shape index (κ1) is 16.3. The SMILES string of the molecule is CC(C)(C)CC(N)CC(=O)Nc1cc(Cl)cc(Cl)c1. The maximum absolute atomic E-state index is 11.9. The molecule has 0 saturated carbocycles. The van der Waals surface area contributed by atoms with Gasteiger partial charge in [0, 0.05) is 28.2 Å². The number of nitrogens with two attached hydrogens (primary N) is 1. The Morgan fingerprint density at radius 1 is 1.26 bits per heavy atom. The van der Waals surface area contributed by atoms with E-state index in [0.29, 0.717) is 15.7 Å². The van der Waals surface area contributed by atoms with Crippen LogP contribution in [-0.4, -0.2) is 11.9 Å². The van der Waals surface area contributed by atoms with Gasteiger partial charge in [0.1, 0.15) is 0 Å². The molecule has 0 fully saturated rings. The number of amides is 1. The topological polar surface area (TPSA) is 55.1 Å². The van der Waals surface area contributed by atoms with Crippen LogP contribution in [0.4, 0.5) is 5.69 Å². The molecule has 0 bridgehead atoms. The minimum absolute atomic E-state index is 0.110. The largest absolute Gasteiger partial charge is 0.327 e. The molecule has 0 aliphatic carbocycles. The van der Waals surface area contributed by atoms with Gasteiger partial charge < -0.3 is 11.1 Å². The van der Waals surface area contributed by atoms with Gasteiger partial charge in [0.05, 0.1) is 0 Å². The molecule has 1 aromatic rings. The average Bonchev–Trinajstić information content (AvgIpc) is 2.10. The summed E-state index contributed by atoms with van der Waals surface area (Å²) in [6, 6.07) is 4.76. The van der Waals surface area contributed by atoms with E-state index in [1.165, 1.54) is 0 Å². The van der Waals surface area contributed by atoms with Crippen molar-refractivity contribution >= 4 is 34.8 Å². The van der Waals surface area contributed by atoms with Crippen molar-refractivity contribution in [2.45, 2.75) is 39.7 Å². The van der Waals surface area contributed by atoms with Crippen molar-refractivity contribution in [1.29, 1.82) is 0 Å². The molecule has 0 saturated heterocycles. The molecule has 0 aliphatic rings. The zero-order chi connectivity index (χ0) is 14.6. The minimum Gasteiger partial charge on any atom is -0.327 e. The third-order valence-corrected chi connectivity index (χ3v) is 2.90. The molecule has 0 heterocycles. The second kappa shape index (κ2) is 6.60.